The molecule has 2 rings (SSSR count). The van der Waals surface area contributed by atoms with E-state index in [9.17, 15) is 0 Å². The topological polar surface area (TPSA) is 50.9 Å². The molecular formula is C16H21N3. The zero-order valence-electron chi connectivity index (χ0n) is 12.0. The van der Waals surface area contributed by atoms with Crippen LogP contribution in [0.4, 0.5) is 17.2 Å². The highest BCUT2D eigenvalue weighted by atomic mass is 15.0. The van der Waals surface area contributed by atoms with Gasteiger partial charge in [-0.3, -0.25) is 0 Å². The minimum absolute atomic E-state index is 0.469. The van der Waals surface area contributed by atoms with Crippen LogP contribution in [-0.4, -0.2) is 4.98 Å². The molecule has 100 valence electrons. The molecule has 1 heterocycles. The number of pyridine rings is 1. The van der Waals surface area contributed by atoms with Crippen molar-refractivity contribution in [2.75, 3.05) is 11.1 Å². The van der Waals surface area contributed by atoms with Crippen LogP contribution in [-0.2, 0) is 0 Å². The Labute approximate surface area is 114 Å². The summed E-state index contributed by atoms with van der Waals surface area (Å²) in [6.45, 7) is 8.52. The van der Waals surface area contributed by atoms with Gasteiger partial charge in [-0.25, -0.2) is 4.98 Å². The van der Waals surface area contributed by atoms with E-state index < -0.39 is 0 Å². The Morgan fingerprint density at radius 2 is 1.89 bits per heavy atom. The molecule has 3 N–H and O–H groups in total. The summed E-state index contributed by atoms with van der Waals surface area (Å²) in [5.74, 6) is 1.34. The number of hydrogen-bond acceptors (Lipinski definition) is 3. The van der Waals surface area contributed by atoms with Crippen molar-refractivity contribution in [3.8, 4) is 0 Å². The van der Waals surface area contributed by atoms with Crippen molar-refractivity contribution >= 4 is 17.2 Å². The molecule has 0 aliphatic heterocycles. The van der Waals surface area contributed by atoms with Gasteiger partial charge in [-0.05, 0) is 42.5 Å². The van der Waals surface area contributed by atoms with E-state index in [1.165, 1.54) is 11.1 Å². The summed E-state index contributed by atoms with van der Waals surface area (Å²) in [5, 5.41) is 3.45. The normalized spacial score (nSPS) is 10.8. The molecular weight excluding hydrogens is 234 g/mol. The standard InChI is InChI=1S/C16H21N3/c1-10(2)14-7-5-6-11(3)15(14)19-16-12(4)8-13(17)9-18-16/h5-10H,17H2,1-4H3,(H,18,19). The number of nitrogen functional groups attached to an aromatic ring is 1. The average molecular weight is 255 g/mol. The maximum absolute atomic E-state index is 5.74. The van der Waals surface area contributed by atoms with E-state index in [0.717, 1.165) is 17.1 Å². The predicted octanol–water partition coefficient (Wildman–Crippen LogP) is 4.15. The van der Waals surface area contributed by atoms with Gasteiger partial charge in [0.05, 0.1) is 11.9 Å². The Bertz CT molecular complexity index is 589. The average Bonchev–Trinajstić information content (AvgIpc) is 2.34. The second kappa shape index (κ2) is 5.31. The number of aromatic nitrogens is 1. The summed E-state index contributed by atoms with van der Waals surface area (Å²) in [6.07, 6.45) is 1.68. The predicted molar refractivity (Wildman–Crippen MR) is 81.9 cm³/mol. The molecule has 0 radical (unpaired) electrons. The molecule has 0 spiro atoms. The zero-order valence-corrected chi connectivity index (χ0v) is 12.0. The summed E-state index contributed by atoms with van der Waals surface area (Å²) in [4.78, 5) is 4.38. The molecule has 0 bridgehead atoms. The fourth-order valence-corrected chi connectivity index (χ4v) is 2.19. The van der Waals surface area contributed by atoms with Gasteiger partial charge in [-0.2, -0.15) is 0 Å². The Morgan fingerprint density at radius 3 is 2.53 bits per heavy atom. The van der Waals surface area contributed by atoms with E-state index in [1.807, 2.05) is 13.0 Å². The van der Waals surface area contributed by atoms with Crippen LogP contribution >= 0.6 is 0 Å². The zero-order chi connectivity index (χ0) is 14.0. The summed E-state index contributed by atoms with van der Waals surface area (Å²) in [7, 11) is 0. The van der Waals surface area contributed by atoms with Crippen molar-refractivity contribution in [3.63, 3.8) is 0 Å². The second-order valence-corrected chi connectivity index (χ2v) is 5.25. The fourth-order valence-electron chi connectivity index (χ4n) is 2.19. The lowest BCUT2D eigenvalue weighted by molar-refractivity contribution is 0.867. The van der Waals surface area contributed by atoms with E-state index in [0.29, 0.717) is 11.6 Å². The molecule has 0 amide bonds. The van der Waals surface area contributed by atoms with Crippen LogP contribution in [0.2, 0.25) is 0 Å². The lowest BCUT2D eigenvalue weighted by Crippen LogP contribution is -2.03. The molecule has 1 aromatic carbocycles. The number of nitrogens with one attached hydrogen (secondary N) is 1. The van der Waals surface area contributed by atoms with Crippen molar-refractivity contribution in [2.45, 2.75) is 33.6 Å². The molecule has 0 aliphatic rings. The van der Waals surface area contributed by atoms with Crippen LogP contribution < -0.4 is 11.1 Å². The number of hydrogen-bond donors (Lipinski definition) is 2. The smallest absolute Gasteiger partial charge is 0.133 e. The van der Waals surface area contributed by atoms with Crippen LogP contribution in [0.3, 0.4) is 0 Å². The maximum Gasteiger partial charge on any atom is 0.133 e. The highest BCUT2D eigenvalue weighted by molar-refractivity contribution is 5.68. The molecule has 2 aromatic rings. The van der Waals surface area contributed by atoms with Crippen molar-refractivity contribution in [2.24, 2.45) is 0 Å². The minimum Gasteiger partial charge on any atom is -0.397 e. The van der Waals surface area contributed by atoms with Crippen molar-refractivity contribution in [3.05, 3.63) is 47.2 Å². The van der Waals surface area contributed by atoms with E-state index in [4.69, 9.17) is 5.73 Å². The third kappa shape index (κ3) is 2.87. The number of nitrogens with two attached hydrogens (primary N) is 1. The molecule has 0 aliphatic carbocycles. The highest BCUT2D eigenvalue weighted by Crippen LogP contribution is 2.30. The molecule has 1 aromatic heterocycles. The Balaban J connectivity index is 2.43. The Morgan fingerprint density at radius 1 is 1.16 bits per heavy atom. The molecule has 3 nitrogen and oxygen atoms in total. The largest absolute Gasteiger partial charge is 0.397 e. The number of nitrogens with zero attached hydrogens (tertiary/aromatic N) is 1. The molecule has 0 unspecified atom stereocenters. The van der Waals surface area contributed by atoms with Gasteiger partial charge >= 0.3 is 0 Å². The first-order valence-corrected chi connectivity index (χ1v) is 6.57. The first-order valence-electron chi connectivity index (χ1n) is 6.57. The van der Waals surface area contributed by atoms with Gasteiger partial charge in [-0.15, -0.1) is 0 Å². The summed E-state index contributed by atoms with van der Waals surface area (Å²) < 4.78 is 0. The number of aryl methyl sites for hydroxylation is 2. The van der Waals surface area contributed by atoms with Gasteiger partial charge in [0.15, 0.2) is 0 Å². The summed E-state index contributed by atoms with van der Waals surface area (Å²) in [5.41, 5.74) is 11.2. The lowest BCUT2D eigenvalue weighted by Gasteiger charge is -2.18. The van der Waals surface area contributed by atoms with Gasteiger partial charge in [0.1, 0.15) is 5.82 Å². The summed E-state index contributed by atoms with van der Waals surface area (Å²) >= 11 is 0. The highest BCUT2D eigenvalue weighted by Gasteiger charge is 2.10. The Hall–Kier alpha value is -2.03. The number of anilines is 3. The molecule has 0 atom stereocenters. The van der Waals surface area contributed by atoms with Crippen molar-refractivity contribution in [1.29, 1.82) is 0 Å². The molecule has 19 heavy (non-hydrogen) atoms. The molecule has 0 saturated heterocycles. The number of para-hydroxylation sites is 1. The molecule has 3 heteroatoms. The Kier molecular flexibility index (Phi) is 3.74. The van der Waals surface area contributed by atoms with E-state index in [2.05, 4.69) is 49.3 Å². The van der Waals surface area contributed by atoms with Crippen LogP contribution in [0.1, 0.15) is 36.5 Å². The monoisotopic (exact) mass is 255 g/mol. The number of benzene rings is 1. The van der Waals surface area contributed by atoms with E-state index in [1.54, 1.807) is 6.20 Å². The second-order valence-electron chi connectivity index (χ2n) is 5.25. The van der Waals surface area contributed by atoms with Gasteiger partial charge in [0.2, 0.25) is 0 Å². The van der Waals surface area contributed by atoms with Gasteiger partial charge < -0.3 is 11.1 Å². The lowest BCUT2D eigenvalue weighted by atomic mass is 9.98. The van der Waals surface area contributed by atoms with Crippen LogP contribution in [0.15, 0.2) is 30.5 Å². The van der Waals surface area contributed by atoms with E-state index >= 15 is 0 Å². The van der Waals surface area contributed by atoms with E-state index in [-0.39, 0.29) is 0 Å². The maximum atomic E-state index is 5.74. The SMILES string of the molecule is Cc1cc(N)cnc1Nc1c(C)cccc1C(C)C. The van der Waals surface area contributed by atoms with Crippen LogP contribution in [0, 0.1) is 13.8 Å². The fraction of sp³-hybridized carbons (Fsp3) is 0.312. The molecule has 0 fully saturated rings. The quantitative estimate of drug-likeness (QED) is 0.866. The van der Waals surface area contributed by atoms with Crippen molar-refractivity contribution in [1.82, 2.24) is 4.98 Å². The number of rotatable bonds is 3. The first kappa shape index (κ1) is 13.4. The first-order chi connectivity index (χ1) is 8.99. The third-order valence-corrected chi connectivity index (χ3v) is 3.27. The van der Waals surface area contributed by atoms with Gasteiger partial charge in [0.25, 0.3) is 0 Å². The van der Waals surface area contributed by atoms with Crippen LogP contribution in [0.25, 0.3) is 0 Å². The van der Waals surface area contributed by atoms with Crippen LogP contribution in [0.5, 0.6) is 0 Å². The van der Waals surface area contributed by atoms with Crippen molar-refractivity contribution < 1.29 is 0 Å². The minimum atomic E-state index is 0.469. The summed E-state index contributed by atoms with van der Waals surface area (Å²) in [6, 6.07) is 8.30. The van der Waals surface area contributed by atoms with Gasteiger partial charge in [0, 0.05) is 5.69 Å². The molecule has 0 saturated carbocycles. The van der Waals surface area contributed by atoms with Gasteiger partial charge in [-0.1, -0.05) is 32.0 Å². The third-order valence-electron chi connectivity index (χ3n) is 3.27.